The highest BCUT2D eigenvalue weighted by Gasteiger charge is 2.33. The molecule has 0 aliphatic heterocycles. The van der Waals surface area contributed by atoms with Crippen molar-refractivity contribution in [2.45, 2.75) is 37.7 Å². The molecule has 2 rings (SSSR count). The fourth-order valence-corrected chi connectivity index (χ4v) is 2.03. The molecular weight excluding hydrogens is 194 g/mol. The zero-order valence-corrected chi connectivity index (χ0v) is 8.49. The topological polar surface area (TPSA) is 78.0 Å². The molecule has 1 heterocycles. The van der Waals surface area contributed by atoms with Crippen LogP contribution in [0, 0.1) is 0 Å². The number of hydrogen-bond donors (Lipinski definition) is 3. The van der Waals surface area contributed by atoms with Crippen molar-refractivity contribution < 1.29 is 9.90 Å². The van der Waals surface area contributed by atoms with E-state index in [2.05, 4.69) is 15.5 Å². The van der Waals surface area contributed by atoms with E-state index in [1.165, 1.54) is 0 Å². The number of anilines is 1. The Kier molecular flexibility index (Phi) is 2.73. The molecule has 1 saturated carbocycles. The first-order chi connectivity index (χ1) is 7.18. The van der Waals surface area contributed by atoms with Gasteiger partial charge in [-0.3, -0.25) is 9.89 Å². The van der Waals surface area contributed by atoms with Crippen molar-refractivity contribution in [1.29, 1.82) is 0 Å². The van der Waals surface area contributed by atoms with Gasteiger partial charge >= 0.3 is 0 Å². The van der Waals surface area contributed by atoms with Crippen molar-refractivity contribution in [3.63, 3.8) is 0 Å². The van der Waals surface area contributed by atoms with Crippen molar-refractivity contribution >= 4 is 11.7 Å². The van der Waals surface area contributed by atoms with E-state index >= 15 is 0 Å². The van der Waals surface area contributed by atoms with Crippen LogP contribution in [-0.4, -0.2) is 26.8 Å². The highest BCUT2D eigenvalue weighted by Crippen LogP contribution is 2.32. The third-order valence-electron chi connectivity index (χ3n) is 2.80. The third-order valence-corrected chi connectivity index (χ3v) is 2.80. The van der Waals surface area contributed by atoms with Gasteiger partial charge in [0.25, 0.3) is 0 Å². The highest BCUT2D eigenvalue weighted by atomic mass is 16.3. The summed E-state index contributed by atoms with van der Waals surface area (Å²) in [5, 5.41) is 19.0. The molecule has 1 aliphatic rings. The Morgan fingerprint density at radius 1 is 1.60 bits per heavy atom. The molecule has 1 fully saturated rings. The summed E-state index contributed by atoms with van der Waals surface area (Å²) >= 11 is 0. The molecule has 3 N–H and O–H groups in total. The molecule has 1 aromatic heterocycles. The maximum Gasteiger partial charge on any atom is 0.228 e. The molecular formula is C10H15N3O2. The zero-order chi connectivity index (χ0) is 10.7. The largest absolute Gasteiger partial charge is 0.389 e. The Labute approximate surface area is 87.9 Å². The number of carbonyl (C=O) groups excluding carboxylic acids is 1. The van der Waals surface area contributed by atoms with Crippen molar-refractivity contribution in [2.75, 3.05) is 5.32 Å². The van der Waals surface area contributed by atoms with E-state index in [0.29, 0.717) is 5.82 Å². The van der Waals surface area contributed by atoms with Crippen molar-refractivity contribution in [1.82, 2.24) is 10.2 Å². The number of aromatic amines is 1. The predicted molar refractivity (Wildman–Crippen MR) is 55.3 cm³/mol. The van der Waals surface area contributed by atoms with Gasteiger partial charge in [-0.1, -0.05) is 12.8 Å². The number of hydrogen-bond acceptors (Lipinski definition) is 3. The molecule has 1 aromatic rings. The molecule has 1 amide bonds. The molecule has 0 atom stereocenters. The van der Waals surface area contributed by atoms with Crippen LogP contribution in [-0.2, 0) is 4.79 Å². The Hall–Kier alpha value is -1.36. The molecule has 0 radical (unpaired) electrons. The van der Waals surface area contributed by atoms with Gasteiger partial charge in [0.15, 0.2) is 0 Å². The molecule has 5 nitrogen and oxygen atoms in total. The molecule has 0 saturated heterocycles. The Balaban J connectivity index is 1.87. The second-order valence-corrected chi connectivity index (χ2v) is 4.13. The van der Waals surface area contributed by atoms with Crippen molar-refractivity contribution in [3.05, 3.63) is 12.3 Å². The summed E-state index contributed by atoms with van der Waals surface area (Å²) in [5.74, 6) is 0.408. The maximum atomic E-state index is 11.6. The van der Waals surface area contributed by atoms with Gasteiger partial charge in [-0.15, -0.1) is 0 Å². The first kappa shape index (κ1) is 10.2. The summed E-state index contributed by atoms with van der Waals surface area (Å²) in [6, 6.07) is 1.68. The van der Waals surface area contributed by atoms with Crippen LogP contribution in [0.5, 0.6) is 0 Å². The number of amides is 1. The number of carbonyl (C=O) groups is 1. The lowest BCUT2D eigenvalue weighted by molar-refractivity contribution is -0.120. The smallest absolute Gasteiger partial charge is 0.228 e. The van der Waals surface area contributed by atoms with Gasteiger partial charge < -0.3 is 10.4 Å². The van der Waals surface area contributed by atoms with Crippen LogP contribution in [0.15, 0.2) is 12.3 Å². The number of aliphatic hydroxyl groups is 1. The lowest BCUT2D eigenvalue weighted by atomic mass is 9.98. The fourth-order valence-electron chi connectivity index (χ4n) is 2.03. The lowest BCUT2D eigenvalue weighted by Gasteiger charge is -2.20. The molecule has 1 aliphatic carbocycles. The first-order valence-corrected chi connectivity index (χ1v) is 5.20. The molecule has 5 heteroatoms. The number of nitrogens with one attached hydrogen (secondary N) is 2. The predicted octanol–water partition coefficient (Wildman–Crippen LogP) is 1.04. The SMILES string of the molecule is O=C(CC1(O)CCCC1)Nc1ccn[nH]1. The van der Waals surface area contributed by atoms with Gasteiger partial charge in [-0.25, -0.2) is 0 Å². The van der Waals surface area contributed by atoms with E-state index < -0.39 is 5.60 Å². The molecule has 82 valence electrons. The fraction of sp³-hybridized carbons (Fsp3) is 0.600. The minimum absolute atomic E-state index is 0.163. The van der Waals surface area contributed by atoms with Gasteiger partial charge in [-0.2, -0.15) is 5.10 Å². The molecule has 0 bridgehead atoms. The number of aromatic nitrogens is 2. The number of nitrogens with zero attached hydrogens (tertiary/aromatic N) is 1. The van der Waals surface area contributed by atoms with Crippen LogP contribution in [0.4, 0.5) is 5.82 Å². The van der Waals surface area contributed by atoms with Gasteiger partial charge in [0, 0.05) is 6.07 Å². The van der Waals surface area contributed by atoms with Gasteiger partial charge in [0.1, 0.15) is 5.82 Å². The van der Waals surface area contributed by atoms with Crippen molar-refractivity contribution in [3.8, 4) is 0 Å². The normalized spacial score (nSPS) is 19.0. The van der Waals surface area contributed by atoms with Crippen LogP contribution >= 0.6 is 0 Å². The third kappa shape index (κ3) is 2.56. The van der Waals surface area contributed by atoms with Crippen LogP contribution in [0.25, 0.3) is 0 Å². The molecule has 0 aromatic carbocycles. The molecule has 0 unspecified atom stereocenters. The zero-order valence-electron chi connectivity index (χ0n) is 8.49. The average molecular weight is 209 g/mol. The quantitative estimate of drug-likeness (QED) is 0.696. The van der Waals surface area contributed by atoms with E-state index in [1.54, 1.807) is 12.3 Å². The van der Waals surface area contributed by atoms with Crippen LogP contribution in [0.3, 0.4) is 0 Å². The van der Waals surface area contributed by atoms with Crippen molar-refractivity contribution in [2.24, 2.45) is 0 Å². The minimum Gasteiger partial charge on any atom is -0.389 e. The second kappa shape index (κ2) is 4.02. The summed E-state index contributed by atoms with van der Waals surface area (Å²) in [6.45, 7) is 0. The van der Waals surface area contributed by atoms with E-state index in [0.717, 1.165) is 25.7 Å². The van der Waals surface area contributed by atoms with Gasteiger partial charge in [-0.05, 0) is 12.8 Å². The van der Waals surface area contributed by atoms with Gasteiger partial charge in [0.05, 0.1) is 18.2 Å². The number of rotatable bonds is 3. The lowest BCUT2D eigenvalue weighted by Crippen LogP contribution is -2.30. The summed E-state index contributed by atoms with van der Waals surface area (Å²) in [5.41, 5.74) is -0.788. The Morgan fingerprint density at radius 2 is 2.33 bits per heavy atom. The monoisotopic (exact) mass is 209 g/mol. The number of H-pyrrole nitrogens is 1. The summed E-state index contributed by atoms with van der Waals surface area (Å²) in [4.78, 5) is 11.6. The van der Waals surface area contributed by atoms with Crippen LogP contribution in [0.1, 0.15) is 32.1 Å². The van der Waals surface area contributed by atoms with Crippen LogP contribution < -0.4 is 5.32 Å². The summed E-state index contributed by atoms with van der Waals surface area (Å²) in [6.07, 6.45) is 5.21. The van der Waals surface area contributed by atoms with Gasteiger partial charge in [0.2, 0.25) is 5.91 Å². The van der Waals surface area contributed by atoms with E-state index in [-0.39, 0.29) is 12.3 Å². The maximum absolute atomic E-state index is 11.6. The summed E-state index contributed by atoms with van der Waals surface area (Å²) < 4.78 is 0. The second-order valence-electron chi connectivity index (χ2n) is 4.13. The molecule has 0 spiro atoms. The van der Waals surface area contributed by atoms with E-state index in [1.807, 2.05) is 0 Å². The molecule has 15 heavy (non-hydrogen) atoms. The van der Waals surface area contributed by atoms with Crippen LogP contribution in [0.2, 0.25) is 0 Å². The van der Waals surface area contributed by atoms with E-state index in [9.17, 15) is 9.90 Å². The summed E-state index contributed by atoms with van der Waals surface area (Å²) in [7, 11) is 0. The average Bonchev–Trinajstić information content (AvgIpc) is 2.76. The standard InChI is InChI=1S/C10H15N3O2/c14-9(12-8-3-6-11-13-8)7-10(15)4-1-2-5-10/h3,6,15H,1-2,4-5,7H2,(H2,11,12,13,14). The Bertz CT molecular complexity index is 328. The highest BCUT2D eigenvalue weighted by molar-refractivity contribution is 5.90. The Morgan fingerprint density at radius 3 is 2.93 bits per heavy atom. The first-order valence-electron chi connectivity index (χ1n) is 5.20. The minimum atomic E-state index is -0.788. The van der Waals surface area contributed by atoms with E-state index in [4.69, 9.17) is 0 Å².